The average Bonchev–Trinajstić information content (AvgIpc) is 2.11. The van der Waals surface area contributed by atoms with E-state index in [0.717, 1.165) is 10.5 Å². The highest BCUT2D eigenvalue weighted by atomic mass is 35.5. The van der Waals surface area contributed by atoms with Gasteiger partial charge in [0, 0.05) is 0 Å². The van der Waals surface area contributed by atoms with Crippen LogP contribution in [0.1, 0.15) is 13.8 Å². The van der Waals surface area contributed by atoms with Crippen molar-refractivity contribution in [1.82, 2.24) is 0 Å². The lowest BCUT2D eigenvalue weighted by atomic mass is 10.0. The first kappa shape index (κ1) is 12.2. The van der Waals surface area contributed by atoms with Crippen molar-refractivity contribution in [3.8, 4) is 0 Å². The van der Waals surface area contributed by atoms with Gasteiger partial charge in [0.05, 0.1) is 10.8 Å². The minimum absolute atomic E-state index is 0.101. The summed E-state index contributed by atoms with van der Waals surface area (Å²) < 4.78 is 0. The van der Waals surface area contributed by atoms with Crippen LogP contribution in [0.15, 0.2) is 34.8 Å². The fourth-order valence-corrected chi connectivity index (χ4v) is 1.60. The lowest BCUT2D eigenvalue weighted by Crippen LogP contribution is -2.12. The van der Waals surface area contributed by atoms with Gasteiger partial charge in [-0.3, -0.25) is 0 Å². The molecule has 0 fully saturated rings. The molecule has 0 spiro atoms. The second-order valence-electron chi connectivity index (χ2n) is 3.64. The summed E-state index contributed by atoms with van der Waals surface area (Å²) in [6.45, 7) is 4.21. The third-order valence-electron chi connectivity index (χ3n) is 2.03. The first-order chi connectivity index (χ1) is 6.50. The van der Waals surface area contributed by atoms with Crippen LogP contribution in [0, 0.1) is 5.92 Å². The van der Waals surface area contributed by atoms with E-state index in [2.05, 4.69) is 26.5 Å². The summed E-state index contributed by atoms with van der Waals surface area (Å²) >= 11 is 16.3. The minimum Gasteiger partial charge on any atom is -0.148 e. The molecule has 0 aromatic heterocycles. The average molecular weight is 249 g/mol. The van der Waals surface area contributed by atoms with E-state index in [1.54, 1.807) is 0 Å². The number of hydrogen-bond donors (Lipinski definition) is 1. The fraction of sp³-hybridized carbons (Fsp3) is 0.455. The minimum atomic E-state index is -0.124. The highest BCUT2D eigenvalue weighted by Crippen LogP contribution is 2.24. The normalized spacial score (nSPS) is 28.1. The van der Waals surface area contributed by atoms with E-state index < -0.39 is 0 Å². The smallest absolute Gasteiger partial charge is 0.0723 e. The Kier molecular flexibility index (Phi) is 4.62. The van der Waals surface area contributed by atoms with Gasteiger partial charge in [-0.05, 0) is 22.5 Å². The summed E-state index contributed by atoms with van der Waals surface area (Å²) in [7, 11) is 0. The second kappa shape index (κ2) is 5.29. The highest BCUT2D eigenvalue weighted by molar-refractivity contribution is 7.84. The Balaban J connectivity index is 2.77. The van der Waals surface area contributed by atoms with Crippen molar-refractivity contribution >= 4 is 35.8 Å². The molecule has 2 atom stereocenters. The van der Waals surface area contributed by atoms with Crippen LogP contribution in [0.4, 0.5) is 0 Å². The molecule has 3 heteroatoms. The topological polar surface area (TPSA) is 0 Å². The molecule has 0 nitrogen and oxygen atoms in total. The van der Waals surface area contributed by atoms with E-state index in [1.165, 1.54) is 0 Å². The molecule has 1 rings (SSSR count). The molecule has 0 amide bonds. The predicted octanol–water partition coefficient (Wildman–Crippen LogP) is 4.17. The molecule has 2 unspecified atom stereocenters. The zero-order valence-corrected chi connectivity index (χ0v) is 10.7. The molecule has 1 aliphatic carbocycles. The van der Waals surface area contributed by atoms with Crippen LogP contribution in [-0.2, 0) is 0 Å². The number of alkyl halides is 2. The first-order valence-electron chi connectivity index (χ1n) is 4.59. The van der Waals surface area contributed by atoms with Gasteiger partial charge in [-0.2, -0.15) is 0 Å². The van der Waals surface area contributed by atoms with Crippen molar-refractivity contribution in [2.45, 2.75) is 24.6 Å². The van der Waals surface area contributed by atoms with Crippen molar-refractivity contribution in [3.05, 3.63) is 34.8 Å². The molecule has 78 valence electrons. The maximum absolute atomic E-state index is 6.01. The summed E-state index contributed by atoms with van der Waals surface area (Å²) in [6, 6.07) is 0. The van der Waals surface area contributed by atoms with Gasteiger partial charge in [0.1, 0.15) is 0 Å². The van der Waals surface area contributed by atoms with Crippen LogP contribution in [0.5, 0.6) is 0 Å². The SMILES string of the molecule is CC(C)/C(S)=C\C1=CC(Cl)C(Cl)C=C1. The van der Waals surface area contributed by atoms with Crippen LogP contribution >= 0.6 is 35.8 Å². The summed E-state index contributed by atoms with van der Waals surface area (Å²) in [5.41, 5.74) is 1.08. The molecule has 0 aromatic rings. The van der Waals surface area contributed by atoms with Gasteiger partial charge < -0.3 is 0 Å². The third-order valence-corrected chi connectivity index (χ3v) is 3.62. The van der Waals surface area contributed by atoms with Gasteiger partial charge in [-0.15, -0.1) is 35.8 Å². The van der Waals surface area contributed by atoms with E-state index in [9.17, 15) is 0 Å². The standard InChI is InChI=1S/C11H14Cl2S/c1-7(2)11(14)6-8-3-4-9(12)10(13)5-8/h3-7,9-10,14H,1-2H3/b11-6+. The maximum atomic E-state index is 6.01. The highest BCUT2D eigenvalue weighted by Gasteiger charge is 2.15. The molecule has 0 aromatic carbocycles. The van der Waals surface area contributed by atoms with E-state index in [-0.39, 0.29) is 10.8 Å². The van der Waals surface area contributed by atoms with Crippen molar-refractivity contribution < 1.29 is 0 Å². The Bertz CT molecular complexity index is 290. The van der Waals surface area contributed by atoms with Crippen LogP contribution < -0.4 is 0 Å². The zero-order valence-electron chi connectivity index (χ0n) is 8.24. The van der Waals surface area contributed by atoms with Gasteiger partial charge in [-0.25, -0.2) is 0 Å². The van der Waals surface area contributed by atoms with Gasteiger partial charge >= 0.3 is 0 Å². The van der Waals surface area contributed by atoms with E-state index in [4.69, 9.17) is 23.2 Å². The molecule has 1 aliphatic rings. The summed E-state index contributed by atoms with van der Waals surface area (Å²) in [5, 5.41) is -0.225. The van der Waals surface area contributed by atoms with E-state index >= 15 is 0 Å². The van der Waals surface area contributed by atoms with E-state index in [0.29, 0.717) is 5.92 Å². The van der Waals surface area contributed by atoms with Gasteiger partial charge in [0.2, 0.25) is 0 Å². The van der Waals surface area contributed by atoms with Crippen molar-refractivity contribution in [1.29, 1.82) is 0 Å². The van der Waals surface area contributed by atoms with Crippen LogP contribution in [-0.4, -0.2) is 10.8 Å². The Morgan fingerprint density at radius 3 is 2.57 bits per heavy atom. The maximum Gasteiger partial charge on any atom is 0.0723 e. The largest absolute Gasteiger partial charge is 0.148 e. The fourth-order valence-electron chi connectivity index (χ4n) is 1.07. The Morgan fingerprint density at radius 2 is 2.07 bits per heavy atom. The Labute approximate surface area is 101 Å². The first-order valence-corrected chi connectivity index (χ1v) is 5.91. The van der Waals surface area contributed by atoms with E-state index in [1.807, 2.05) is 24.3 Å². The number of allylic oxidation sites excluding steroid dienone is 6. The molecule has 14 heavy (non-hydrogen) atoms. The van der Waals surface area contributed by atoms with Crippen LogP contribution in [0.2, 0.25) is 0 Å². The van der Waals surface area contributed by atoms with Crippen molar-refractivity contribution in [3.63, 3.8) is 0 Å². The molecule has 0 radical (unpaired) electrons. The van der Waals surface area contributed by atoms with Crippen molar-refractivity contribution in [2.75, 3.05) is 0 Å². The third kappa shape index (κ3) is 3.38. The lowest BCUT2D eigenvalue weighted by Gasteiger charge is -2.14. The number of thiol groups is 1. The van der Waals surface area contributed by atoms with Gasteiger partial charge in [-0.1, -0.05) is 32.1 Å². The molecule has 0 heterocycles. The molecule has 0 bridgehead atoms. The Morgan fingerprint density at radius 1 is 1.43 bits per heavy atom. The van der Waals surface area contributed by atoms with Crippen LogP contribution in [0.3, 0.4) is 0 Å². The predicted molar refractivity (Wildman–Crippen MR) is 68.4 cm³/mol. The van der Waals surface area contributed by atoms with Gasteiger partial charge in [0.25, 0.3) is 0 Å². The molecule has 0 saturated carbocycles. The number of halogens is 2. The molecular formula is C11H14Cl2S. The molecule has 0 saturated heterocycles. The number of rotatable bonds is 2. The lowest BCUT2D eigenvalue weighted by molar-refractivity contribution is 0.817. The molecule has 0 aliphatic heterocycles. The second-order valence-corrected chi connectivity index (χ2v) is 5.16. The summed E-state index contributed by atoms with van der Waals surface area (Å²) in [6.07, 6.45) is 7.88. The van der Waals surface area contributed by atoms with Gasteiger partial charge in [0.15, 0.2) is 0 Å². The monoisotopic (exact) mass is 248 g/mol. The van der Waals surface area contributed by atoms with Crippen LogP contribution in [0.25, 0.3) is 0 Å². The number of hydrogen-bond acceptors (Lipinski definition) is 1. The Hall–Kier alpha value is 0.150. The zero-order chi connectivity index (χ0) is 10.7. The van der Waals surface area contributed by atoms with Crippen molar-refractivity contribution in [2.24, 2.45) is 5.92 Å². The molecule has 0 N–H and O–H groups in total. The quantitative estimate of drug-likeness (QED) is 0.551. The molecular weight excluding hydrogens is 235 g/mol. The summed E-state index contributed by atoms with van der Waals surface area (Å²) in [4.78, 5) is 1.05. The summed E-state index contributed by atoms with van der Waals surface area (Å²) in [5.74, 6) is 0.440.